The minimum atomic E-state index is -4.43. The van der Waals surface area contributed by atoms with Gasteiger partial charge in [0.25, 0.3) is 0 Å². The third-order valence-corrected chi connectivity index (χ3v) is 2.69. The summed E-state index contributed by atoms with van der Waals surface area (Å²) in [5.74, 6) is 0. The van der Waals surface area contributed by atoms with E-state index in [2.05, 4.69) is 5.10 Å². The molecule has 0 saturated carbocycles. The van der Waals surface area contributed by atoms with Crippen molar-refractivity contribution in [2.45, 2.75) is 12.7 Å². The highest BCUT2D eigenvalue weighted by molar-refractivity contribution is 6.31. The van der Waals surface area contributed by atoms with Crippen LogP contribution in [0.15, 0.2) is 30.5 Å². The molecule has 0 amide bonds. The van der Waals surface area contributed by atoms with Crippen molar-refractivity contribution in [2.24, 2.45) is 0 Å². The number of nitrogens with zero attached hydrogens (tertiary/aromatic N) is 2. The van der Waals surface area contributed by atoms with Gasteiger partial charge in [-0.3, -0.25) is 4.68 Å². The van der Waals surface area contributed by atoms with E-state index < -0.39 is 11.9 Å². The highest BCUT2D eigenvalue weighted by Crippen LogP contribution is 2.27. The fraction of sp³-hybridized carbons (Fsp3) is 0.182. The zero-order valence-electron chi connectivity index (χ0n) is 9.08. The molecule has 3 nitrogen and oxygen atoms in total. The molecular formula is C11H9ClF3N3. The monoisotopic (exact) mass is 275 g/mol. The summed E-state index contributed by atoms with van der Waals surface area (Å²) in [6, 6.07) is 5.76. The predicted octanol–water partition coefficient (Wildman–Crippen LogP) is 3.19. The molecular weight excluding hydrogens is 267 g/mol. The summed E-state index contributed by atoms with van der Waals surface area (Å²) in [7, 11) is 0. The summed E-state index contributed by atoms with van der Waals surface area (Å²) in [6.07, 6.45) is -3.17. The summed E-state index contributed by atoms with van der Waals surface area (Å²) in [6.45, 7) is 0.162. The third kappa shape index (κ3) is 2.76. The van der Waals surface area contributed by atoms with Crippen LogP contribution in [0.5, 0.6) is 0 Å². The van der Waals surface area contributed by atoms with Gasteiger partial charge < -0.3 is 5.73 Å². The van der Waals surface area contributed by atoms with Crippen molar-refractivity contribution in [2.75, 3.05) is 5.73 Å². The first-order chi connectivity index (χ1) is 8.36. The third-order valence-electron chi connectivity index (χ3n) is 2.34. The number of aromatic nitrogens is 2. The Bertz CT molecular complexity index is 563. The molecule has 0 saturated heterocycles. The van der Waals surface area contributed by atoms with Crippen molar-refractivity contribution in [3.05, 3.63) is 46.7 Å². The maximum atomic E-state index is 12.4. The molecule has 1 aromatic carbocycles. The lowest BCUT2D eigenvalue weighted by atomic mass is 10.2. The average molecular weight is 276 g/mol. The van der Waals surface area contributed by atoms with Gasteiger partial charge in [0.05, 0.1) is 6.54 Å². The molecule has 18 heavy (non-hydrogen) atoms. The number of nitrogens with two attached hydrogens (primary N) is 1. The van der Waals surface area contributed by atoms with Crippen LogP contribution in [0.2, 0.25) is 5.02 Å². The van der Waals surface area contributed by atoms with Gasteiger partial charge in [-0.05, 0) is 23.8 Å². The van der Waals surface area contributed by atoms with Crippen LogP contribution in [0.4, 0.5) is 18.9 Å². The van der Waals surface area contributed by atoms with E-state index >= 15 is 0 Å². The molecule has 2 aromatic rings. The maximum absolute atomic E-state index is 12.4. The Morgan fingerprint density at radius 1 is 1.28 bits per heavy atom. The van der Waals surface area contributed by atoms with Crippen molar-refractivity contribution in [3.8, 4) is 0 Å². The fourth-order valence-corrected chi connectivity index (χ4v) is 1.72. The second kappa shape index (κ2) is 4.53. The van der Waals surface area contributed by atoms with E-state index in [1.807, 2.05) is 0 Å². The zero-order valence-corrected chi connectivity index (χ0v) is 9.83. The standard InChI is InChI=1S/C11H9ClF3N3/c12-9-5-8(16)2-1-7(9)6-18-4-3-10(17-18)11(13,14)15/h1-5H,6,16H2. The van der Waals surface area contributed by atoms with Crippen LogP contribution in [-0.2, 0) is 12.7 Å². The van der Waals surface area contributed by atoms with Crippen molar-refractivity contribution >= 4 is 17.3 Å². The van der Waals surface area contributed by atoms with Crippen LogP contribution in [0.1, 0.15) is 11.3 Å². The fourth-order valence-electron chi connectivity index (χ4n) is 1.47. The molecule has 0 radical (unpaired) electrons. The summed E-state index contributed by atoms with van der Waals surface area (Å²) >= 11 is 5.93. The van der Waals surface area contributed by atoms with Crippen LogP contribution in [0.25, 0.3) is 0 Å². The summed E-state index contributed by atoms with van der Waals surface area (Å²) in [5, 5.41) is 3.84. The van der Waals surface area contributed by atoms with E-state index in [0.717, 1.165) is 6.07 Å². The van der Waals surface area contributed by atoms with Crippen LogP contribution in [0.3, 0.4) is 0 Å². The van der Waals surface area contributed by atoms with E-state index in [1.165, 1.54) is 10.9 Å². The first-order valence-electron chi connectivity index (χ1n) is 5.01. The number of hydrogen-bond acceptors (Lipinski definition) is 2. The van der Waals surface area contributed by atoms with Gasteiger partial charge >= 0.3 is 6.18 Å². The molecule has 1 aromatic heterocycles. The van der Waals surface area contributed by atoms with Crippen molar-refractivity contribution < 1.29 is 13.2 Å². The van der Waals surface area contributed by atoms with Crippen LogP contribution in [-0.4, -0.2) is 9.78 Å². The second-order valence-corrected chi connectivity index (χ2v) is 4.15. The maximum Gasteiger partial charge on any atom is 0.435 e. The van der Waals surface area contributed by atoms with Gasteiger partial charge in [-0.15, -0.1) is 0 Å². The van der Waals surface area contributed by atoms with Crippen LogP contribution < -0.4 is 5.73 Å². The number of hydrogen-bond donors (Lipinski definition) is 1. The van der Waals surface area contributed by atoms with Gasteiger partial charge in [0.15, 0.2) is 5.69 Å². The van der Waals surface area contributed by atoms with Gasteiger partial charge in [-0.1, -0.05) is 17.7 Å². The van der Waals surface area contributed by atoms with Gasteiger partial charge in [0.2, 0.25) is 0 Å². The van der Waals surface area contributed by atoms with E-state index in [1.54, 1.807) is 18.2 Å². The van der Waals surface area contributed by atoms with Crippen molar-refractivity contribution in [3.63, 3.8) is 0 Å². The minimum absolute atomic E-state index is 0.162. The number of halogens is 4. The Morgan fingerprint density at radius 2 is 2.00 bits per heavy atom. The highest BCUT2D eigenvalue weighted by Gasteiger charge is 2.33. The quantitative estimate of drug-likeness (QED) is 0.856. The van der Waals surface area contributed by atoms with Crippen molar-refractivity contribution in [1.29, 1.82) is 0 Å². The molecule has 7 heteroatoms. The van der Waals surface area contributed by atoms with E-state index in [9.17, 15) is 13.2 Å². The van der Waals surface area contributed by atoms with Gasteiger partial charge in [0.1, 0.15) is 0 Å². The Kier molecular flexibility index (Phi) is 3.21. The minimum Gasteiger partial charge on any atom is -0.399 e. The molecule has 0 bridgehead atoms. The Morgan fingerprint density at radius 3 is 2.56 bits per heavy atom. The van der Waals surface area contributed by atoms with E-state index in [4.69, 9.17) is 17.3 Å². The molecule has 2 rings (SSSR count). The van der Waals surface area contributed by atoms with Crippen molar-refractivity contribution in [1.82, 2.24) is 9.78 Å². The average Bonchev–Trinajstić information content (AvgIpc) is 2.70. The smallest absolute Gasteiger partial charge is 0.399 e. The first kappa shape index (κ1) is 12.8. The lowest BCUT2D eigenvalue weighted by Gasteiger charge is -2.06. The summed E-state index contributed by atoms with van der Waals surface area (Å²) < 4.78 is 38.2. The van der Waals surface area contributed by atoms with Gasteiger partial charge in [0, 0.05) is 16.9 Å². The van der Waals surface area contributed by atoms with Gasteiger partial charge in [-0.2, -0.15) is 18.3 Å². The van der Waals surface area contributed by atoms with E-state index in [-0.39, 0.29) is 6.54 Å². The Balaban J connectivity index is 2.21. The lowest BCUT2D eigenvalue weighted by Crippen LogP contribution is -2.08. The van der Waals surface area contributed by atoms with Gasteiger partial charge in [-0.25, -0.2) is 0 Å². The molecule has 2 N–H and O–H groups in total. The highest BCUT2D eigenvalue weighted by atomic mass is 35.5. The molecule has 0 spiro atoms. The molecule has 0 fully saturated rings. The number of benzene rings is 1. The molecule has 0 unspecified atom stereocenters. The number of nitrogen functional groups attached to an aromatic ring is 1. The lowest BCUT2D eigenvalue weighted by molar-refractivity contribution is -0.141. The molecule has 0 aliphatic rings. The molecule has 0 aliphatic heterocycles. The summed E-state index contributed by atoms with van der Waals surface area (Å²) in [4.78, 5) is 0. The van der Waals surface area contributed by atoms with Crippen LogP contribution >= 0.6 is 11.6 Å². The topological polar surface area (TPSA) is 43.8 Å². The molecule has 0 atom stereocenters. The Hall–Kier alpha value is -1.69. The molecule has 96 valence electrons. The summed E-state index contributed by atoms with van der Waals surface area (Å²) in [5.41, 5.74) is 5.76. The number of rotatable bonds is 2. The second-order valence-electron chi connectivity index (χ2n) is 3.75. The number of anilines is 1. The van der Waals surface area contributed by atoms with E-state index in [0.29, 0.717) is 16.3 Å². The molecule has 1 heterocycles. The SMILES string of the molecule is Nc1ccc(Cn2ccc(C(F)(F)F)n2)c(Cl)c1. The van der Waals surface area contributed by atoms with Crippen LogP contribution in [0, 0.1) is 0 Å². The zero-order chi connectivity index (χ0) is 13.3. The largest absolute Gasteiger partial charge is 0.435 e. The Labute approximate surface area is 106 Å². The molecule has 0 aliphatic carbocycles. The predicted molar refractivity (Wildman–Crippen MR) is 62.2 cm³/mol. The first-order valence-corrected chi connectivity index (χ1v) is 5.38. The normalized spacial score (nSPS) is 11.8. The number of alkyl halides is 3.